The maximum Gasteiger partial charge on any atom is 0.410 e. The number of nitrogens with zero attached hydrogens (tertiary/aromatic N) is 2. The van der Waals surface area contributed by atoms with Crippen molar-refractivity contribution < 1.29 is 14.3 Å². The monoisotopic (exact) mass is 367 g/mol. The Hall–Kier alpha value is -1.95. The van der Waals surface area contributed by atoms with Gasteiger partial charge in [-0.15, -0.1) is 0 Å². The molecule has 2 rings (SSSR count). The summed E-state index contributed by atoms with van der Waals surface area (Å²) in [6, 6.07) is 7.11. The number of rotatable bonds is 2. The Morgan fingerprint density at radius 1 is 1.12 bits per heavy atom. The lowest BCUT2D eigenvalue weighted by Crippen LogP contribution is -2.54. The van der Waals surface area contributed by atoms with Crippen LogP contribution in [0.1, 0.15) is 39.3 Å². The zero-order chi connectivity index (χ0) is 18.6. The van der Waals surface area contributed by atoms with E-state index in [-0.39, 0.29) is 18.2 Å². The Labute approximate surface area is 154 Å². The molecule has 1 fully saturated rings. The van der Waals surface area contributed by atoms with Crippen LogP contribution in [0.25, 0.3) is 0 Å². The summed E-state index contributed by atoms with van der Waals surface area (Å²) < 4.78 is 5.36. The second kappa shape index (κ2) is 7.95. The molecule has 0 aliphatic carbocycles. The zero-order valence-corrected chi connectivity index (χ0v) is 16.0. The molecule has 1 aromatic rings. The number of urea groups is 1. The normalized spacial score (nSPS) is 16.4. The molecule has 0 radical (unpaired) electrons. The average Bonchev–Trinajstić information content (AvgIpc) is 2.53. The molecule has 1 aliphatic rings. The molecule has 0 spiro atoms. The molecule has 0 saturated carbocycles. The van der Waals surface area contributed by atoms with E-state index >= 15 is 0 Å². The van der Waals surface area contributed by atoms with Gasteiger partial charge < -0.3 is 19.9 Å². The molecule has 1 saturated heterocycles. The van der Waals surface area contributed by atoms with E-state index in [0.29, 0.717) is 31.2 Å². The van der Waals surface area contributed by atoms with Gasteiger partial charge in [-0.25, -0.2) is 9.59 Å². The van der Waals surface area contributed by atoms with E-state index in [1.165, 1.54) is 0 Å². The third-order valence-corrected chi connectivity index (χ3v) is 4.27. The Balaban J connectivity index is 1.85. The number of nitrogens with one attached hydrogen (secondary N) is 1. The smallest absolute Gasteiger partial charge is 0.410 e. The Kier molecular flexibility index (Phi) is 6.16. The SMILES string of the molecule is CC(NC(=O)N1CCN(C(=O)OC(C)(C)C)CC1)c1ccccc1Cl. The molecule has 6 nitrogen and oxygen atoms in total. The summed E-state index contributed by atoms with van der Waals surface area (Å²) in [7, 11) is 0. The molecular weight excluding hydrogens is 342 g/mol. The van der Waals surface area contributed by atoms with Crippen molar-refractivity contribution in [3.05, 3.63) is 34.9 Å². The maximum absolute atomic E-state index is 12.4. The van der Waals surface area contributed by atoms with Gasteiger partial charge in [0, 0.05) is 31.2 Å². The minimum absolute atomic E-state index is 0.156. The Bertz CT molecular complexity index is 622. The predicted molar refractivity (Wildman–Crippen MR) is 97.8 cm³/mol. The molecular formula is C18H26ClN3O3. The fourth-order valence-electron chi connectivity index (χ4n) is 2.60. The van der Waals surface area contributed by atoms with Gasteiger partial charge in [-0.3, -0.25) is 0 Å². The van der Waals surface area contributed by atoms with Crippen LogP contribution in [0.3, 0.4) is 0 Å². The fraction of sp³-hybridized carbons (Fsp3) is 0.556. The van der Waals surface area contributed by atoms with Gasteiger partial charge >= 0.3 is 12.1 Å². The van der Waals surface area contributed by atoms with Crippen LogP contribution in [0, 0.1) is 0 Å². The highest BCUT2D eigenvalue weighted by Gasteiger charge is 2.28. The second-order valence-electron chi connectivity index (χ2n) is 7.15. The first-order valence-electron chi connectivity index (χ1n) is 8.45. The summed E-state index contributed by atoms with van der Waals surface area (Å²) in [5.74, 6) is 0. The fourth-order valence-corrected chi connectivity index (χ4v) is 2.90. The first-order valence-corrected chi connectivity index (χ1v) is 8.83. The minimum atomic E-state index is -0.518. The second-order valence-corrected chi connectivity index (χ2v) is 7.55. The van der Waals surface area contributed by atoms with E-state index in [1.54, 1.807) is 15.9 Å². The number of benzene rings is 1. The molecule has 1 aliphatic heterocycles. The number of piperazine rings is 1. The van der Waals surface area contributed by atoms with Gasteiger partial charge in [-0.2, -0.15) is 0 Å². The van der Waals surface area contributed by atoms with E-state index in [1.807, 2.05) is 45.9 Å². The predicted octanol–water partition coefficient (Wildman–Crippen LogP) is 3.66. The lowest BCUT2D eigenvalue weighted by Gasteiger charge is -2.36. The van der Waals surface area contributed by atoms with Crippen LogP contribution in [0.2, 0.25) is 5.02 Å². The lowest BCUT2D eigenvalue weighted by molar-refractivity contribution is 0.0169. The van der Waals surface area contributed by atoms with Crippen molar-refractivity contribution in [2.45, 2.75) is 39.3 Å². The molecule has 138 valence electrons. The number of carbonyl (C=O) groups excluding carboxylic acids is 2. The van der Waals surface area contributed by atoms with Gasteiger partial charge in [0.15, 0.2) is 0 Å². The molecule has 7 heteroatoms. The molecule has 0 bridgehead atoms. The van der Waals surface area contributed by atoms with Crippen LogP contribution in [0.5, 0.6) is 0 Å². The highest BCUT2D eigenvalue weighted by Crippen LogP contribution is 2.22. The standard InChI is InChI=1S/C18H26ClN3O3/c1-13(14-7-5-6-8-15(14)19)20-16(23)21-9-11-22(12-10-21)17(24)25-18(2,3)4/h5-8,13H,9-12H2,1-4H3,(H,20,23). The summed E-state index contributed by atoms with van der Waals surface area (Å²) >= 11 is 6.17. The molecule has 3 amide bonds. The summed E-state index contributed by atoms with van der Waals surface area (Å²) in [6.07, 6.45) is -0.336. The van der Waals surface area contributed by atoms with E-state index in [9.17, 15) is 9.59 Å². The first kappa shape index (κ1) is 19.4. The van der Waals surface area contributed by atoms with Crippen LogP contribution < -0.4 is 5.32 Å². The highest BCUT2D eigenvalue weighted by molar-refractivity contribution is 6.31. The molecule has 1 N–H and O–H groups in total. The lowest BCUT2D eigenvalue weighted by atomic mass is 10.1. The zero-order valence-electron chi connectivity index (χ0n) is 15.2. The number of halogens is 1. The van der Waals surface area contributed by atoms with Gasteiger partial charge in [-0.05, 0) is 39.3 Å². The van der Waals surface area contributed by atoms with Crippen molar-refractivity contribution >= 4 is 23.7 Å². The summed E-state index contributed by atoms with van der Waals surface area (Å²) in [6.45, 7) is 9.28. The molecule has 1 atom stereocenters. The minimum Gasteiger partial charge on any atom is -0.444 e. The molecule has 25 heavy (non-hydrogen) atoms. The number of hydrogen-bond donors (Lipinski definition) is 1. The van der Waals surface area contributed by atoms with Gasteiger partial charge in [0.2, 0.25) is 0 Å². The number of ether oxygens (including phenoxy) is 1. The number of amides is 3. The molecule has 1 aromatic carbocycles. The van der Waals surface area contributed by atoms with Gasteiger partial charge in [0.05, 0.1) is 6.04 Å². The summed E-state index contributed by atoms with van der Waals surface area (Å²) in [4.78, 5) is 27.8. The number of carbonyl (C=O) groups is 2. The molecule has 1 unspecified atom stereocenters. The van der Waals surface area contributed by atoms with E-state index in [4.69, 9.17) is 16.3 Å². The van der Waals surface area contributed by atoms with Crippen molar-refractivity contribution in [2.75, 3.05) is 26.2 Å². The van der Waals surface area contributed by atoms with Crippen molar-refractivity contribution in [1.29, 1.82) is 0 Å². The largest absolute Gasteiger partial charge is 0.444 e. The van der Waals surface area contributed by atoms with Crippen LogP contribution in [-0.2, 0) is 4.74 Å². The third-order valence-electron chi connectivity index (χ3n) is 3.93. The van der Waals surface area contributed by atoms with Crippen LogP contribution in [-0.4, -0.2) is 53.7 Å². The topological polar surface area (TPSA) is 61.9 Å². The quantitative estimate of drug-likeness (QED) is 0.867. The van der Waals surface area contributed by atoms with Gasteiger partial charge in [0.25, 0.3) is 0 Å². The molecule has 1 heterocycles. The first-order chi connectivity index (χ1) is 11.7. The van der Waals surface area contributed by atoms with Crippen molar-refractivity contribution in [3.8, 4) is 0 Å². The Morgan fingerprint density at radius 3 is 2.24 bits per heavy atom. The van der Waals surface area contributed by atoms with E-state index in [0.717, 1.165) is 5.56 Å². The van der Waals surface area contributed by atoms with Crippen molar-refractivity contribution in [3.63, 3.8) is 0 Å². The maximum atomic E-state index is 12.4. The van der Waals surface area contributed by atoms with Crippen LogP contribution in [0.15, 0.2) is 24.3 Å². The van der Waals surface area contributed by atoms with E-state index < -0.39 is 5.60 Å². The number of hydrogen-bond acceptors (Lipinski definition) is 3. The highest BCUT2D eigenvalue weighted by atomic mass is 35.5. The van der Waals surface area contributed by atoms with Gasteiger partial charge in [0.1, 0.15) is 5.60 Å². The van der Waals surface area contributed by atoms with E-state index in [2.05, 4.69) is 5.32 Å². The third kappa shape index (κ3) is 5.53. The van der Waals surface area contributed by atoms with Crippen LogP contribution >= 0.6 is 11.6 Å². The van der Waals surface area contributed by atoms with Crippen molar-refractivity contribution in [1.82, 2.24) is 15.1 Å². The summed E-state index contributed by atoms with van der Waals surface area (Å²) in [5.41, 5.74) is 0.362. The van der Waals surface area contributed by atoms with Gasteiger partial charge in [-0.1, -0.05) is 29.8 Å². The Morgan fingerprint density at radius 2 is 1.68 bits per heavy atom. The van der Waals surface area contributed by atoms with Crippen LogP contribution in [0.4, 0.5) is 9.59 Å². The summed E-state index contributed by atoms with van der Waals surface area (Å²) in [5, 5.41) is 3.59. The molecule has 0 aromatic heterocycles. The van der Waals surface area contributed by atoms with Crippen molar-refractivity contribution in [2.24, 2.45) is 0 Å². The average molecular weight is 368 g/mol.